The number of fused-ring (bicyclic) bond motifs is 1. The number of nitrogens with zero attached hydrogens (tertiary/aromatic N) is 1. The summed E-state index contributed by atoms with van der Waals surface area (Å²) in [6.45, 7) is 4.56. The highest BCUT2D eigenvalue weighted by atomic mass is 16.5. The SMILES string of the molecule is CCc1ccc(CN(C)C(=O)CCc2c(C)c3ccc(OC)cc3oc2=O)cc1. The zero-order valence-electron chi connectivity index (χ0n) is 17.5. The lowest BCUT2D eigenvalue weighted by Gasteiger charge is -2.18. The van der Waals surface area contributed by atoms with Crippen molar-refractivity contribution in [1.82, 2.24) is 4.90 Å². The van der Waals surface area contributed by atoms with Crippen LogP contribution < -0.4 is 10.4 Å². The molecule has 0 saturated carbocycles. The van der Waals surface area contributed by atoms with E-state index in [4.69, 9.17) is 9.15 Å². The number of hydrogen-bond acceptors (Lipinski definition) is 4. The molecule has 1 heterocycles. The summed E-state index contributed by atoms with van der Waals surface area (Å²) in [4.78, 5) is 26.7. The minimum atomic E-state index is -0.395. The van der Waals surface area contributed by atoms with E-state index in [1.807, 2.05) is 19.1 Å². The van der Waals surface area contributed by atoms with Gasteiger partial charge in [0.1, 0.15) is 11.3 Å². The van der Waals surface area contributed by atoms with Crippen LogP contribution in [0.1, 0.15) is 35.6 Å². The monoisotopic (exact) mass is 393 g/mol. The molecule has 0 saturated heterocycles. The molecule has 0 unspecified atom stereocenters. The van der Waals surface area contributed by atoms with Gasteiger partial charge >= 0.3 is 5.63 Å². The van der Waals surface area contributed by atoms with Crippen molar-refractivity contribution in [3.05, 3.63) is 75.1 Å². The average Bonchev–Trinajstić information content (AvgIpc) is 2.73. The summed E-state index contributed by atoms with van der Waals surface area (Å²) in [6.07, 6.45) is 1.61. The van der Waals surface area contributed by atoms with Crippen LogP contribution in [-0.4, -0.2) is 25.0 Å². The highest BCUT2D eigenvalue weighted by Crippen LogP contribution is 2.24. The molecule has 29 heavy (non-hydrogen) atoms. The van der Waals surface area contributed by atoms with Gasteiger partial charge < -0.3 is 14.1 Å². The quantitative estimate of drug-likeness (QED) is 0.563. The van der Waals surface area contributed by atoms with E-state index in [9.17, 15) is 9.59 Å². The van der Waals surface area contributed by atoms with Crippen LogP contribution in [-0.2, 0) is 24.2 Å². The second-order valence-corrected chi connectivity index (χ2v) is 7.28. The van der Waals surface area contributed by atoms with Gasteiger partial charge in [0.25, 0.3) is 0 Å². The zero-order chi connectivity index (χ0) is 21.0. The summed E-state index contributed by atoms with van der Waals surface area (Å²) in [5.74, 6) is 0.634. The molecular weight excluding hydrogens is 366 g/mol. The van der Waals surface area contributed by atoms with Crippen LogP contribution in [0.3, 0.4) is 0 Å². The molecule has 0 aliphatic carbocycles. The highest BCUT2D eigenvalue weighted by Gasteiger charge is 2.15. The number of benzene rings is 2. The molecule has 0 aliphatic heterocycles. The molecular formula is C24H27NO4. The van der Waals surface area contributed by atoms with E-state index in [0.717, 1.165) is 22.9 Å². The molecule has 0 aliphatic rings. The van der Waals surface area contributed by atoms with Crippen LogP contribution in [0.2, 0.25) is 0 Å². The molecule has 0 fully saturated rings. The number of carbonyl (C=O) groups excluding carboxylic acids is 1. The predicted molar refractivity (Wildman–Crippen MR) is 114 cm³/mol. The summed E-state index contributed by atoms with van der Waals surface area (Å²) in [7, 11) is 3.36. The number of amides is 1. The molecule has 0 spiro atoms. The minimum Gasteiger partial charge on any atom is -0.497 e. The Morgan fingerprint density at radius 2 is 1.79 bits per heavy atom. The standard InChI is InChI=1S/C24H27NO4/c1-5-17-6-8-18(9-7-17)15-25(3)23(26)13-12-21-16(2)20-11-10-19(28-4)14-22(20)29-24(21)27/h6-11,14H,5,12-13,15H2,1-4H3. The smallest absolute Gasteiger partial charge is 0.339 e. The first-order valence-electron chi connectivity index (χ1n) is 9.85. The number of hydrogen-bond donors (Lipinski definition) is 0. The van der Waals surface area contributed by atoms with Crippen LogP contribution in [0.5, 0.6) is 5.75 Å². The summed E-state index contributed by atoms with van der Waals surface area (Å²) >= 11 is 0. The Labute approximate surface area is 170 Å². The fourth-order valence-corrected chi connectivity index (χ4v) is 3.46. The van der Waals surface area contributed by atoms with Crippen molar-refractivity contribution < 1.29 is 13.9 Å². The van der Waals surface area contributed by atoms with Crippen molar-refractivity contribution in [1.29, 1.82) is 0 Å². The first-order chi connectivity index (χ1) is 13.9. The molecule has 3 rings (SSSR count). The largest absolute Gasteiger partial charge is 0.497 e. The van der Waals surface area contributed by atoms with Crippen LogP contribution in [0.15, 0.2) is 51.7 Å². The lowest BCUT2D eigenvalue weighted by atomic mass is 10.0. The zero-order valence-corrected chi connectivity index (χ0v) is 17.5. The minimum absolute atomic E-state index is 0.00167. The van der Waals surface area contributed by atoms with Gasteiger partial charge in [-0.15, -0.1) is 0 Å². The molecule has 0 bridgehead atoms. The molecule has 5 nitrogen and oxygen atoms in total. The Kier molecular flexibility index (Phi) is 6.37. The molecule has 1 amide bonds. The molecule has 0 N–H and O–H groups in total. The Balaban J connectivity index is 1.70. The number of rotatable bonds is 7. The number of ether oxygens (including phenoxy) is 1. The fourth-order valence-electron chi connectivity index (χ4n) is 3.46. The summed E-state index contributed by atoms with van der Waals surface area (Å²) < 4.78 is 10.7. The van der Waals surface area contributed by atoms with E-state index in [1.54, 1.807) is 25.1 Å². The molecule has 3 aromatic rings. The first-order valence-corrected chi connectivity index (χ1v) is 9.85. The lowest BCUT2D eigenvalue weighted by molar-refractivity contribution is -0.130. The highest BCUT2D eigenvalue weighted by molar-refractivity contribution is 5.82. The van der Waals surface area contributed by atoms with Gasteiger partial charge in [0.05, 0.1) is 7.11 Å². The fraction of sp³-hybridized carbons (Fsp3) is 0.333. The van der Waals surface area contributed by atoms with E-state index in [-0.39, 0.29) is 12.3 Å². The molecule has 2 aromatic carbocycles. The third-order valence-electron chi connectivity index (χ3n) is 5.36. The maximum absolute atomic E-state index is 12.6. The van der Waals surface area contributed by atoms with E-state index < -0.39 is 5.63 Å². The van der Waals surface area contributed by atoms with Crippen molar-refractivity contribution >= 4 is 16.9 Å². The topological polar surface area (TPSA) is 59.8 Å². The van der Waals surface area contributed by atoms with Crippen molar-refractivity contribution in [3.63, 3.8) is 0 Å². The third kappa shape index (κ3) is 4.67. The Morgan fingerprint density at radius 3 is 2.45 bits per heavy atom. The van der Waals surface area contributed by atoms with Gasteiger partial charge in [0, 0.05) is 37.0 Å². The van der Waals surface area contributed by atoms with Crippen LogP contribution in [0.4, 0.5) is 0 Å². The van der Waals surface area contributed by atoms with Crippen molar-refractivity contribution in [2.75, 3.05) is 14.2 Å². The normalized spacial score (nSPS) is 10.9. The summed E-state index contributed by atoms with van der Waals surface area (Å²) in [5.41, 5.74) is 3.87. The average molecular weight is 393 g/mol. The second-order valence-electron chi connectivity index (χ2n) is 7.28. The molecule has 1 aromatic heterocycles. The van der Waals surface area contributed by atoms with Crippen LogP contribution in [0, 0.1) is 6.92 Å². The van der Waals surface area contributed by atoms with Crippen LogP contribution >= 0.6 is 0 Å². The summed E-state index contributed by atoms with van der Waals surface area (Å²) in [6, 6.07) is 13.7. The maximum atomic E-state index is 12.6. The molecule has 0 radical (unpaired) electrons. The van der Waals surface area contributed by atoms with Gasteiger partial charge in [-0.05, 0) is 48.6 Å². The Hall–Kier alpha value is -3.08. The van der Waals surface area contributed by atoms with Gasteiger partial charge in [-0.3, -0.25) is 4.79 Å². The summed E-state index contributed by atoms with van der Waals surface area (Å²) in [5, 5.41) is 0.859. The van der Waals surface area contributed by atoms with Gasteiger partial charge in [-0.1, -0.05) is 31.2 Å². The number of carbonyl (C=O) groups is 1. The Morgan fingerprint density at radius 1 is 1.10 bits per heavy atom. The second kappa shape index (κ2) is 8.95. The van der Waals surface area contributed by atoms with Gasteiger partial charge in [0.15, 0.2) is 0 Å². The molecule has 0 atom stereocenters. The van der Waals surface area contributed by atoms with E-state index in [0.29, 0.717) is 29.9 Å². The number of aryl methyl sites for hydroxylation is 2. The third-order valence-corrected chi connectivity index (χ3v) is 5.36. The molecule has 5 heteroatoms. The lowest BCUT2D eigenvalue weighted by Crippen LogP contribution is -2.27. The van der Waals surface area contributed by atoms with E-state index >= 15 is 0 Å². The predicted octanol–water partition coefficient (Wildman–Crippen LogP) is 4.26. The van der Waals surface area contributed by atoms with Crippen molar-refractivity contribution in [2.24, 2.45) is 0 Å². The van der Waals surface area contributed by atoms with Gasteiger partial charge in [-0.2, -0.15) is 0 Å². The van der Waals surface area contributed by atoms with Gasteiger partial charge in [0.2, 0.25) is 5.91 Å². The van der Waals surface area contributed by atoms with Crippen LogP contribution in [0.25, 0.3) is 11.0 Å². The first kappa shape index (κ1) is 20.6. The number of methoxy groups -OCH3 is 1. The Bertz CT molecular complexity index is 1070. The van der Waals surface area contributed by atoms with Crippen molar-refractivity contribution in [3.8, 4) is 5.75 Å². The van der Waals surface area contributed by atoms with E-state index in [2.05, 4.69) is 31.2 Å². The van der Waals surface area contributed by atoms with Crippen molar-refractivity contribution in [2.45, 2.75) is 39.7 Å². The molecule has 152 valence electrons. The van der Waals surface area contributed by atoms with Gasteiger partial charge in [-0.25, -0.2) is 4.79 Å². The maximum Gasteiger partial charge on any atom is 0.339 e. The van der Waals surface area contributed by atoms with E-state index in [1.165, 1.54) is 5.56 Å².